The average Bonchev–Trinajstić information content (AvgIpc) is 2.46. The summed E-state index contributed by atoms with van der Waals surface area (Å²) >= 11 is 6.01. The van der Waals surface area contributed by atoms with Gasteiger partial charge >= 0.3 is 0 Å². The first-order valence-corrected chi connectivity index (χ1v) is 6.61. The van der Waals surface area contributed by atoms with Crippen LogP contribution < -0.4 is 0 Å². The van der Waals surface area contributed by atoms with Crippen LogP contribution in [0.1, 0.15) is 16.7 Å². The topological polar surface area (TPSA) is 55.5 Å². The number of nitro benzene ring substituents is 1. The number of hydrogen-bond acceptors (Lipinski definition) is 3. The largest absolute Gasteiger partial charge is 0.284 e. The van der Waals surface area contributed by atoms with Crippen LogP contribution in [0, 0.1) is 10.1 Å². The molecule has 3 rings (SSSR count). The van der Waals surface area contributed by atoms with E-state index >= 15 is 0 Å². The summed E-state index contributed by atoms with van der Waals surface area (Å²) in [5.74, 6) is 0. The van der Waals surface area contributed by atoms with Crippen LogP contribution in [0.15, 0.2) is 47.5 Å². The summed E-state index contributed by atoms with van der Waals surface area (Å²) in [6.45, 7) is 0.672. The lowest BCUT2D eigenvalue weighted by atomic mass is 9.93. The van der Waals surface area contributed by atoms with E-state index in [-0.39, 0.29) is 5.69 Å². The lowest BCUT2D eigenvalue weighted by Crippen LogP contribution is -2.14. The molecule has 100 valence electrons. The molecular weight excluding hydrogens is 276 g/mol. The van der Waals surface area contributed by atoms with Gasteiger partial charge in [-0.25, -0.2) is 0 Å². The molecule has 5 heteroatoms. The molecule has 1 aliphatic rings. The van der Waals surface area contributed by atoms with E-state index in [1.165, 1.54) is 6.07 Å². The van der Waals surface area contributed by atoms with Crippen LogP contribution in [-0.2, 0) is 6.42 Å². The number of nitro groups is 1. The number of non-ortho nitro benzene ring substituents is 1. The van der Waals surface area contributed by atoms with Gasteiger partial charge in [0.15, 0.2) is 0 Å². The van der Waals surface area contributed by atoms with Gasteiger partial charge in [0.1, 0.15) is 0 Å². The third-order valence-corrected chi connectivity index (χ3v) is 3.54. The molecule has 1 heterocycles. The first kappa shape index (κ1) is 12.8. The minimum absolute atomic E-state index is 0.0753. The molecule has 0 fully saturated rings. The molecule has 4 nitrogen and oxygen atoms in total. The number of halogens is 1. The van der Waals surface area contributed by atoms with Crippen molar-refractivity contribution in [2.45, 2.75) is 6.42 Å². The molecule has 20 heavy (non-hydrogen) atoms. The van der Waals surface area contributed by atoms with Crippen molar-refractivity contribution in [1.82, 2.24) is 0 Å². The van der Waals surface area contributed by atoms with E-state index in [4.69, 9.17) is 11.6 Å². The maximum Gasteiger partial charge on any atom is 0.270 e. The monoisotopic (exact) mass is 286 g/mol. The SMILES string of the molecule is O=[N+]([O-])c1cccc(C2=NCCc3cc(Cl)ccc32)c1. The number of fused-ring (bicyclic) bond motifs is 1. The van der Waals surface area contributed by atoms with Crippen molar-refractivity contribution in [3.8, 4) is 0 Å². The molecule has 1 aliphatic heterocycles. The highest BCUT2D eigenvalue weighted by atomic mass is 35.5. The summed E-state index contributed by atoms with van der Waals surface area (Å²) in [7, 11) is 0. The molecule has 0 aliphatic carbocycles. The molecule has 0 unspecified atom stereocenters. The molecule has 0 spiro atoms. The Kier molecular flexibility index (Phi) is 3.24. The van der Waals surface area contributed by atoms with Gasteiger partial charge in [-0.05, 0) is 24.1 Å². The number of benzene rings is 2. The van der Waals surface area contributed by atoms with Crippen LogP contribution in [0.2, 0.25) is 5.02 Å². The highest BCUT2D eigenvalue weighted by molar-refractivity contribution is 6.31. The molecule has 0 saturated carbocycles. The van der Waals surface area contributed by atoms with Gasteiger partial charge in [0.25, 0.3) is 5.69 Å². The minimum atomic E-state index is -0.393. The number of aliphatic imine (C=N–C) groups is 1. The molecule has 0 saturated heterocycles. The van der Waals surface area contributed by atoms with Crippen LogP contribution in [0.3, 0.4) is 0 Å². The Bertz CT molecular complexity index is 726. The predicted octanol–water partition coefficient (Wildman–Crippen LogP) is 3.64. The first-order chi connectivity index (χ1) is 9.65. The molecule has 0 aromatic heterocycles. The van der Waals surface area contributed by atoms with Gasteiger partial charge in [0, 0.05) is 34.8 Å². The Labute approximate surface area is 120 Å². The normalized spacial score (nSPS) is 13.6. The minimum Gasteiger partial charge on any atom is -0.284 e. The van der Waals surface area contributed by atoms with Crippen molar-refractivity contribution in [2.24, 2.45) is 4.99 Å². The maximum atomic E-state index is 10.9. The van der Waals surface area contributed by atoms with E-state index in [1.807, 2.05) is 24.3 Å². The molecule has 0 bridgehead atoms. The fourth-order valence-electron chi connectivity index (χ4n) is 2.39. The number of nitrogens with zero attached hydrogens (tertiary/aromatic N) is 2. The van der Waals surface area contributed by atoms with Gasteiger partial charge in [0.05, 0.1) is 10.6 Å². The molecule has 2 aromatic carbocycles. The molecule has 0 atom stereocenters. The zero-order chi connectivity index (χ0) is 14.1. The van der Waals surface area contributed by atoms with E-state index in [0.717, 1.165) is 28.8 Å². The quantitative estimate of drug-likeness (QED) is 0.625. The van der Waals surface area contributed by atoms with Gasteiger partial charge < -0.3 is 0 Å². The molecule has 0 radical (unpaired) electrons. The van der Waals surface area contributed by atoms with E-state index in [0.29, 0.717) is 11.6 Å². The predicted molar refractivity (Wildman–Crippen MR) is 78.8 cm³/mol. The summed E-state index contributed by atoms with van der Waals surface area (Å²) in [6.07, 6.45) is 0.842. The molecular formula is C15H11ClN2O2. The number of rotatable bonds is 2. The van der Waals surface area contributed by atoms with E-state index in [9.17, 15) is 10.1 Å². The zero-order valence-corrected chi connectivity index (χ0v) is 11.3. The fraction of sp³-hybridized carbons (Fsp3) is 0.133. The third-order valence-electron chi connectivity index (χ3n) is 3.30. The first-order valence-electron chi connectivity index (χ1n) is 6.23. The van der Waals surface area contributed by atoms with Crippen LogP contribution in [0.4, 0.5) is 5.69 Å². The molecule has 0 amide bonds. The summed E-state index contributed by atoms with van der Waals surface area (Å²) < 4.78 is 0. The maximum absolute atomic E-state index is 10.9. The number of hydrogen-bond donors (Lipinski definition) is 0. The smallest absolute Gasteiger partial charge is 0.270 e. The summed E-state index contributed by atoms with van der Waals surface area (Å²) in [5.41, 5.74) is 3.77. The standard InChI is InChI=1S/C15H11ClN2O2/c16-12-4-5-14-10(8-12)6-7-17-15(14)11-2-1-3-13(9-11)18(19)20/h1-5,8-9H,6-7H2. The van der Waals surface area contributed by atoms with E-state index in [2.05, 4.69) is 4.99 Å². The Morgan fingerprint density at radius 1 is 1.20 bits per heavy atom. The molecule has 2 aromatic rings. The Morgan fingerprint density at radius 3 is 2.85 bits per heavy atom. The van der Waals surface area contributed by atoms with Gasteiger partial charge in [-0.2, -0.15) is 0 Å². The molecule has 0 N–H and O–H groups in total. The van der Waals surface area contributed by atoms with E-state index in [1.54, 1.807) is 12.1 Å². The second kappa shape index (κ2) is 5.06. The van der Waals surface area contributed by atoms with Gasteiger partial charge in [-0.1, -0.05) is 29.8 Å². The average molecular weight is 287 g/mol. The van der Waals surface area contributed by atoms with Crippen molar-refractivity contribution in [2.75, 3.05) is 6.54 Å². The highest BCUT2D eigenvalue weighted by Gasteiger charge is 2.17. The van der Waals surface area contributed by atoms with Crippen molar-refractivity contribution < 1.29 is 4.92 Å². The summed E-state index contributed by atoms with van der Waals surface area (Å²) in [5, 5.41) is 11.6. The van der Waals surface area contributed by atoms with Gasteiger partial charge in [0.2, 0.25) is 0 Å². The van der Waals surface area contributed by atoms with Crippen LogP contribution in [-0.4, -0.2) is 17.2 Å². The highest BCUT2D eigenvalue weighted by Crippen LogP contribution is 2.25. The lowest BCUT2D eigenvalue weighted by molar-refractivity contribution is -0.384. The zero-order valence-electron chi connectivity index (χ0n) is 10.5. The van der Waals surface area contributed by atoms with Crippen molar-refractivity contribution >= 4 is 23.0 Å². The Balaban J connectivity index is 2.10. The van der Waals surface area contributed by atoms with Crippen LogP contribution >= 0.6 is 11.6 Å². The van der Waals surface area contributed by atoms with Gasteiger partial charge in [-0.3, -0.25) is 15.1 Å². The second-order valence-corrected chi connectivity index (χ2v) is 5.03. The van der Waals surface area contributed by atoms with Crippen molar-refractivity contribution in [1.29, 1.82) is 0 Å². The third kappa shape index (κ3) is 2.30. The van der Waals surface area contributed by atoms with Crippen molar-refractivity contribution in [3.05, 3.63) is 74.3 Å². The van der Waals surface area contributed by atoms with Crippen LogP contribution in [0.5, 0.6) is 0 Å². The Morgan fingerprint density at radius 2 is 2.05 bits per heavy atom. The van der Waals surface area contributed by atoms with Crippen LogP contribution in [0.25, 0.3) is 0 Å². The van der Waals surface area contributed by atoms with E-state index < -0.39 is 4.92 Å². The Hall–Kier alpha value is -2.20. The van der Waals surface area contributed by atoms with Gasteiger partial charge in [-0.15, -0.1) is 0 Å². The lowest BCUT2D eigenvalue weighted by Gasteiger charge is -2.17. The summed E-state index contributed by atoms with van der Waals surface area (Å²) in [6, 6.07) is 12.2. The summed E-state index contributed by atoms with van der Waals surface area (Å²) in [4.78, 5) is 15.0. The second-order valence-electron chi connectivity index (χ2n) is 4.59. The fourth-order valence-corrected chi connectivity index (χ4v) is 2.58. The van der Waals surface area contributed by atoms with Crippen molar-refractivity contribution in [3.63, 3.8) is 0 Å².